The average molecular weight is 299 g/mol. The Kier molecular flexibility index (Phi) is 5.55. The molecule has 0 aliphatic heterocycles. The first-order valence-corrected chi connectivity index (χ1v) is 7.34. The molecule has 0 unspecified atom stereocenters. The largest absolute Gasteiger partial charge is 0.507 e. The number of carbonyl (C=O) groups is 1. The summed E-state index contributed by atoms with van der Waals surface area (Å²) >= 11 is 0. The van der Waals surface area contributed by atoms with Gasteiger partial charge in [-0.2, -0.15) is 0 Å². The van der Waals surface area contributed by atoms with Crippen LogP contribution >= 0.6 is 0 Å². The van der Waals surface area contributed by atoms with Crippen LogP contribution in [0.25, 0.3) is 0 Å². The third kappa shape index (κ3) is 4.09. The lowest BCUT2D eigenvalue weighted by Gasteiger charge is -2.11. The molecule has 0 saturated heterocycles. The van der Waals surface area contributed by atoms with Crippen molar-refractivity contribution in [2.75, 3.05) is 6.61 Å². The van der Waals surface area contributed by atoms with Crippen LogP contribution < -0.4 is 5.32 Å². The monoisotopic (exact) mass is 299 g/mol. The number of ether oxygens (including phenoxy) is 1. The number of hydrogen-bond acceptors (Lipinski definition) is 3. The Morgan fingerprint density at radius 3 is 2.59 bits per heavy atom. The summed E-state index contributed by atoms with van der Waals surface area (Å²) in [5.41, 5.74) is 3.26. The van der Waals surface area contributed by atoms with Crippen LogP contribution in [0.2, 0.25) is 0 Å². The molecule has 2 aromatic carbocycles. The maximum absolute atomic E-state index is 12.2. The number of aryl methyl sites for hydroxylation is 1. The Balaban J connectivity index is 2.05. The summed E-state index contributed by atoms with van der Waals surface area (Å²) < 4.78 is 5.43. The number of amides is 1. The van der Waals surface area contributed by atoms with Gasteiger partial charge in [0.15, 0.2) is 0 Å². The Morgan fingerprint density at radius 2 is 1.91 bits per heavy atom. The third-order valence-electron chi connectivity index (χ3n) is 3.42. The van der Waals surface area contributed by atoms with Crippen molar-refractivity contribution in [2.24, 2.45) is 0 Å². The fourth-order valence-electron chi connectivity index (χ4n) is 2.19. The maximum atomic E-state index is 12.2. The van der Waals surface area contributed by atoms with E-state index in [-0.39, 0.29) is 17.2 Å². The van der Waals surface area contributed by atoms with E-state index in [1.165, 1.54) is 0 Å². The molecule has 4 nitrogen and oxygen atoms in total. The Hall–Kier alpha value is -2.33. The van der Waals surface area contributed by atoms with Crippen molar-refractivity contribution in [3.8, 4) is 5.75 Å². The number of nitrogens with one attached hydrogen (secondary N) is 1. The highest BCUT2D eigenvalue weighted by atomic mass is 16.5. The van der Waals surface area contributed by atoms with Gasteiger partial charge in [0, 0.05) is 13.2 Å². The van der Waals surface area contributed by atoms with Gasteiger partial charge in [-0.1, -0.05) is 30.3 Å². The molecule has 0 spiro atoms. The van der Waals surface area contributed by atoms with Crippen LogP contribution in [0.3, 0.4) is 0 Å². The van der Waals surface area contributed by atoms with Crippen molar-refractivity contribution in [3.05, 3.63) is 64.7 Å². The SMILES string of the molecule is CCOCc1ccccc1CNC(=O)c1ccc(C)cc1O. The maximum Gasteiger partial charge on any atom is 0.255 e. The minimum Gasteiger partial charge on any atom is -0.507 e. The van der Waals surface area contributed by atoms with Gasteiger partial charge in [0.05, 0.1) is 12.2 Å². The minimum atomic E-state index is -0.288. The van der Waals surface area contributed by atoms with E-state index < -0.39 is 0 Å². The number of phenols is 1. The van der Waals surface area contributed by atoms with Crippen molar-refractivity contribution in [2.45, 2.75) is 27.0 Å². The molecule has 0 radical (unpaired) electrons. The number of carbonyl (C=O) groups excluding carboxylic acids is 1. The fraction of sp³-hybridized carbons (Fsp3) is 0.278. The second kappa shape index (κ2) is 7.61. The van der Waals surface area contributed by atoms with Crippen LogP contribution in [0, 0.1) is 6.92 Å². The minimum absolute atomic E-state index is 0.0000939. The second-order valence-corrected chi connectivity index (χ2v) is 5.11. The number of aromatic hydroxyl groups is 1. The van der Waals surface area contributed by atoms with Gasteiger partial charge in [0.2, 0.25) is 0 Å². The van der Waals surface area contributed by atoms with Crippen LogP contribution in [-0.4, -0.2) is 17.6 Å². The van der Waals surface area contributed by atoms with Gasteiger partial charge in [-0.3, -0.25) is 4.79 Å². The molecule has 2 aromatic rings. The van der Waals surface area contributed by atoms with Crippen molar-refractivity contribution in [1.29, 1.82) is 0 Å². The first-order valence-electron chi connectivity index (χ1n) is 7.34. The first-order chi connectivity index (χ1) is 10.6. The van der Waals surface area contributed by atoms with Crippen molar-refractivity contribution >= 4 is 5.91 Å². The first kappa shape index (κ1) is 16.0. The Labute approximate surface area is 130 Å². The van der Waals surface area contributed by atoms with E-state index in [0.29, 0.717) is 19.8 Å². The highest BCUT2D eigenvalue weighted by Gasteiger charge is 2.11. The summed E-state index contributed by atoms with van der Waals surface area (Å²) in [6, 6.07) is 12.8. The Morgan fingerprint density at radius 1 is 1.18 bits per heavy atom. The van der Waals surface area contributed by atoms with Crippen molar-refractivity contribution < 1.29 is 14.6 Å². The molecule has 116 valence electrons. The number of phenolic OH excluding ortho intramolecular Hbond substituents is 1. The third-order valence-corrected chi connectivity index (χ3v) is 3.42. The predicted octanol–water partition coefficient (Wildman–Crippen LogP) is 3.17. The lowest BCUT2D eigenvalue weighted by molar-refractivity contribution is 0.0947. The summed E-state index contributed by atoms with van der Waals surface area (Å²) in [7, 11) is 0. The molecule has 2 N–H and O–H groups in total. The molecule has 0 bridgehead atoms. The molecule has 0 heterocycles. The summed E-state index contributed by atoms with van der Waals surface area (Å²) in [6.07, 6.45) is 0. The average Bonchev–Trinajstić information content (AvgIpc) is 2.51. The lowest BCUT2D eigenvalue weighted by Crippen LogP contribution is -2.23. The van der Waals surface area contributed by atoms with Gasteiger partial charge in [-0.05, 0) is 42.7 Å². The molecule has 0 aliphatic rings. The van der Waals surface area contributed by atoms with Gasteiger partial charge in [-0.15, -0.1) is 0 Å². The molecule has 4 heteroatoms. The van der Waals surface area contributed by atoms with Crippen molar-refractivity contribution in [1.82, 2.24) is 5.32 Å². The van der Waals surface area contributed by atoms with E-state index in [0.717, 1.165) is 16.7 Å². The van der Waals surface area contributed by atoms with Crippen LogP contribution in [-0.2, 0) is 17.9 Å². The summed E-state index contributed by atoms with van der Waals surface area (Å²) in [5.74, 6) is -0.288. The van der Waals surface area contributed by atoms with Crippen LogP contribution in [0.15, 0.2) is 42.5 Å². The standard InChI is InChI=1S/C18H21NO3/c1-3-22-12-15-7-5-4-6-14(15)11-19-18(21)16-9-8-13(2)10-17(16)20/h4-10,20H,3,11-12H2,1-2H3,(H,19,21). The number of hydrogen-bond donors (Lipinski definition) is 2. The number of rotatable bonds is 6. The van der Waals surface area contributed by atoms with Gasteiger partial charge in [0.25, 0.3) is 5.91 Å². The van der Waals surface area contributed by atoms with E-state index in [1.807, 2.05) is 38.1 Å². The van der Waals surface area contributed by atoms with E-state index >= 15 is 0 Å². The highest BCUT2D eigenvalue weighted by Crippen LogP contribution is 2.18. The van der Waals surface area contributed by atoms with E-state index in [2.05, 4.69) is 5.32 Å². The lowest BCUT2D eigenvalue weighted by atomic mass is 10.1. The topological polar surface area (TPSA) is 58.6 Å². The molecule has 22 heavy (non-hydrogen) atoms. The van der Waals surface area contributed by atoms with E-state index in [9.17, 15) is 9.90 Å². The van der Waals surface area contributed by atoms with Crippen LogP contribution in [0.5, 0.6) is 5.75 Å². The molecule has 0 aromatic heterocycles. The zero-order chi connectivity index (χ0) is 15.9. The fourth-order valence-corrected chi connectivity index (χ4v) is 2.19. The highest BCUT2D eigenvalue weighted by molar-refractivity contribution is 5.96. The van der Waals surface area contributed by atoms with Gasteiger partial charge < -0.3 is 15.2 Å². The second-order valence-electron chi connectivity index (χ2n) is 5.11. The molecular formula is C18H21NO3. The van der Waals surface area contributed by atoms with Crippen LogP contribution in [0.4, 0.5) is 0 Å². The molecule has 0 aliphatic carbocycles. The Bertz CT molecular complexity index is 653. The number of benzene rings is 2. The van der Waals surface area contributed by atoms with E-state index in [4.69, 9.17) is 4.74 Å². The predicted molar refractivity (Wildman–Crippen MR) is 85.8 cm³/mol. The zero-order valence-corrected chi connectivity index (χ0v) is 12.9. The molecule has 0 fully saturated rings. The molecular weight excluding hydrogens is 278 g/mol. The molecule has 2 rings (SSSR count). The summed E-state index contributed by atoms with van der Waals surface area (Å²) in [4.78, 5) is 12.2. The van der Waals surface area contributed by atoms with Gasteiger partial charge >= 0.3 is 0 Å². The summed E-state index contributed by atoms with van der Waals surface area (Å²) in [5, 5.41) is 12.7. The van der Waals surface area contributed by atoms with E-state index in [1.54, 1.807) is 18.2 Å². The normalized spacial score (nSPS) is 10.5. The van der Waals surface area contributed by atoms with Crippen LogP contribution in [0.1, 0.15) is 34.0 Å². The van der Waals surface area contributed by atoms with Crippen molar-refractivity contribution in [3.63, 3.8) is 0 Å². The van der Waals surface area contributed by atoms with Gasteiger partial charge in [0.1, 0.15) is 5.75 Å². The quantitative estimate of drug-likeness (QED) is 0.861. The zero-order valence-electron chi connectivity index (χ0n) is 12.9. The smallest absolute Gasteiger partial charge is 0.255 e. The molecule has 0 atom stereocenters. The molecule has 1 amide bonds. The summed E-state index contributed by atoms with van der Waals surface area (Å²) in [6.45, 7) is 5.39. The van der Waals surface area contributed by atoms with Gasteiger partial charge in [-0.25, -0.2) is 0 Å². The molecule has 0 saturated carbocycles.